The van der Waals surface area contributed by atoms with Gasteiger partial charge in [-0.25, -0.2) is 4.98 Å². The van der Waals surface area contributed by atoms with Gasteiger partial charge in [0.2, 0.25) is 5.95 Å². The molecular formula is C20H25N7O2. The highest BCUT2D eigenvalue weighted by Crippen LogP contribution is 2.29. The van der Waals surface area contributed by atoms with E-state index in [-0.39, 0.29) is 0 Å². The number of aromatic amines is 1. The largest absolute Gasteiger partial charge is 0.378 e. The summed E-state index contributed by atoms with van der Waals surface area (Å²) >= 11 is 0. The summed E-state index contributed by atoms with van der Waals surface area (Å²) in [6.07, 6.45) is 0. The number of anilines is 2. The van der Waals surface area contributed by atoms with Crippen LogP contribution in [0.4, 0.5) is 11.8 Å². The molecule has 5 rings (SSSR count). The van der Waals surface area contributed by atoms with Crippen molar-refractivity contribution >= 4 is 22.9 Å². The summed E-state index contributed by atoms with van der Waals surface area (Å²) in [5.41, 5.74) is 9.40. The molecule has 0 radical (unpaired) electrons. The van der Waals surface area contributed by atoms with Gasteiger partial charge in [-0.15, -0.1) is 0 Å². The molecule has 2 aliphatic heterocycles. The number of hydrogen-bond donors (Lipinski definition) is 2. The first-order valence-corrected chi connectivity index (χ1v) is 10.0. The number of H-pyrrole nitrogens is 1. The van der Waals surface area contributed by atoms with E-state index in [0.717, 1.165) is 60.1 Å². The summed E-state index contributed by atoms with van der Waals surface area (Å²) in [5, 5.41) is 0. The lowest BCUT2D eigenvalue weighted by Crippen LogP contribution is -2.39. The molecule has 9 nitrogen and oxygen atoms in total. The Kier molecular flexibility index (Phi) is 5.01. The molecule has 2 saturated heterocycles. The number of rotatable bonds is 4. The van der Waals surface area contributed by atoms with Gasteiger partial charge in [-0.1, -0.05) is 18.2 Å². The third kappa shape index (κ3) is 3.64. The van der Waals surface area contributed by atoms with Crippen molar-refractivity contribution in [1.82, 2.24) is 19.9 Å². The quantitative estimate of drug-likeness (QED) is 0.678. The molecule has 4 heterocycles. The van der Waals surface area contributed by atoms with E-state index in [0.29, 0.717) is 38.9 Å². The van der Waals surface area contributed by atoms with Crippen LogP contribution in [-0.4, -0.2) is 72.5 Å². The smallest absolute Gasteiger partial charge is 0.229 e. The number of fused-ring (bicyclic) bond motifs is 1. The van der Waals surface area contributed by atoms with Crippen LogP contribution in [0.5, 0.6) is 0 Å². The maximum absolute atomic E-state index is 5.81. The van der Waals surface area contributed by atoms with Crippen molar-refractivity contribution in [3.63, 3.8) is 0 Å². The number of benzene rings is 1. The normalized spacial score (nSPS) is 17.8. The van der Waals surface area contributed by atoms with Gasteiger partial charge in [-0.3, -0.25) is 0 Å². The molecule has 1 aromatic carbocycles. The Labute approximate surface area is 168 Å². The van der Waals surface area contributed by atoms with Crippen LogP contribution < -0.4 is 15.5 Å². The third-order valence-electron chi connectivity index (χ3n) is 5.35. The van der Waals surface area contributed by atoms with Crippen molar-refractivity contribution in [2.75, 3.05) is 62.4 Å². The Balaban J connectivity index is 1.61. The number of hydrogen-bond acceptors (Lipinski definition) is 8. The van der Waals surface area contributed by atoms with Gasteiger partial charge < -0.3 is 30.0 Å². The average molecular weight is 395 g/mol. The van der Waals surface area contributed by atoms with Crippen LogP contribution in [0.2, 0.25) is 0 Å². The van der Waals surface area contributed by atoms with Crippen LogP contribution in [0.15, 0.2) is 24.3 Å². The van der Waals surface area contributed by atoms with E-state index < -0.39 is 0 Å². The second-order valence-electron chi connectivity index (χ2n) is 7.23. The van der Waals surface area contributed by atoms with Gasteiger partial charge >= 0.3 is 0 Å². The molecule has 2 fully saturated rings. The second-order valence-corrected chi connectivity index (χ2v) is 7.23. The molecule has 0 atom stereocenters. The Morgan fingerprint density at radius 1 is 0.931 bits per heavy atom. The van der Waals surface area contributed by atoms with E-state index in [9.17, 15) is 0 Å². The van der Waals surface area contributed by atoms with Gasteiger partial charge in [0, 0.05) is 38.3 Å². The summed E-state index contributed by atoms with van der Waals surface area (Å²) in [7, 11) is 0. The number of nitrogens with zero attached hydrogens (tertiary/aromatic N) is 5. The van der Waals surface area contributed by atoms with Gasteiger partial charge in [-0.05, 0) is 11.6 Å². The van der Waals surface area contributed by atoms with Gasteiger partial charge in [0.15, 0.2) is 17.0 Å². The van der Waals surface area contributed by atoms with E-state index in [1.54, 1.807) is 0 Å². The highest BCUT2D eigenvalue weighted by molar-refractivity contribution is 5.87. The van der Waals surface area contributed by atoms with Crippen LogP contribution in [-0.2, 0) is 16.0 Å². The molecule has 152 valence electrons. The molecule has 9 heteroatoms. The van der Waals surface area contributed by atoms with E-state index in [2.05, 4.69) is 20.9 Å². The van der Waals surface area contributed by atoms with Crippen LogP contribution in [0.25, 0.3) is 22.6 Å². The van der Waals surface area contributed by atoms with Crippen molar-refractivity contribution < 1.29 is 9.47 Å². The van der Waals surface area contributed by atoms with Crippen LogP contribution in [0.1, 0.15) is 5.56 Å². The van der Waals surface area contributed by atoms with E-state index in [4.69, 9.17) is 30.2 Å². The number of nitrogens with one attached hydrogen (secondary N) is 1. The zero-order valence-electron chi connectivity index (χ0n) is 16.3. The fourth-order valence-corrected chi connectivity index (χ4v) is 3.76. The minimum Gasteiger partial charge on any atom is -0.378 e. The molecular weight excluding hydrogens is 370 g/mol. The molecule has 0 saturated carbocycles. The Morgan fingerprint density at radius 3 is 2.38 bits per heavy atom. The van der Waals surface area contributed by atoms with Crippen molar-refractivity contribution in [1.29, 1.82) is 0 Å². The number of ether oxygens (including phenoxy) is 2. The lowest BCUT2D eigenvalue weighted by Gasteiger charge is -2.30. The van der Waals surface area contributed by atoms with Crippen LogP contribution >= 0.6 is 0 Å². The second kappa shape index (κ2) is 7.94. The summed E-state index contributed by atoms with van der Waals surface area (Å²) in [5.74, 6) is 2.35. The maximum Gasteiger partial charge on any atom is 0.229 e. The standard InChI is InChI=1S/C20H25N7O2/c21-13-14-2-1-3-15(12-14)17-22-16-18(23-17)24-20(27-6-10-29-11-7-27)25-19(16)26-4-8-28-9-5-26/h1-3,12H,4-11,13,21H2,(H,22,23,24,25). The first-order valence-electron chi connectivity index (χ1n) is 10.0. The summed E-state index contributed by atoms with van der Waals surface area (Å²) in [6, 6.07) is 8.10. The lowest BCUT2D eigenvalue weighted by molar-refractivity contribution is 0.121. The zero-order valence-corrected chi connectivity index (χ0v) is 16.3. The van der Waals surface area contributed by atoms with Crippen LogP contribution in [0.3, 0.4) is 0 Å². The number of morpholine rings is 2. The van der Waals surface area contributed by atoms with Crippen LogP contribution in [0, 0.1) is 0 Å². The summed E-state index contributed by atoms with van der Waals surface area (Å²) in [6.45, 7) is 6.40. The molecule has 3 aromatic rings. The van der Waals surface area contributed by atoms with Gasteiger partial charge in [0.25, 0.3) is 0 Å². The fraction of sp³-hybridized carbons (Fsp3) is 0.450. The Morgan fingerprint density at radius 2 is 1.66 bits per heavy atom. The predicted octanol–water partition coefficient (Wildman–Crippen LogP) is 1.15. The highest BCUT2D eigenvalue weighted by atomic mass is 16.5. The molecule has 0 unspecified atom stereocenters. The fourth-order valence-electron chi connectivity index (χ4n) is 3.76. The first kappa shape index (κ1) is 18.3. The summed E-state index contributed by atoms with van der Waals surface area (Å²) < 4.78 is 11.0. The van der Waals surface area contributed by atoms with Gasteiger partial charge in [0.05, 0.1) is 26.4 Å². The lowest BCUT2D eigenvalue weighted by atomic mass is 10.1. The van der Waals surface area contributed by atoms with E-state index in [1.165, 1.54) is 0 Å². The number of aromatic nitrogens is 4. The topological polar surface area (TPSA) is 105 Å². The summed E-state index contributed by atoms with van der Waals surface area (Å²) in [4.78, 5) is 22.4. The monoisotopic (exact) mass is 395 g/mol. The minimum absolute atomic E-state index is 0.494. The minimum atomic E-state index is 0.494. The Bertz CT molecular complexity index is 994. The molecule has 3 N–H and O–H groups in total. The van der Waals surface area contributed by atoms with Crippen molar-refractivity contribution in [3.8, 4) is 11.4 Å². The SMILES string of the molecule is NCc1cccc(-c2nc3c(N4CCOCC4)nc(N4CCOCC4)nc3[nH]2)c1. The van der Waals surface area contributed by atoms with Gasteiger partial charge in [-0.2, -0.15) is 9.97 Å². The Hall–Kier alpha value is -2.75. The molecule has 0 amide bonds. The first-order chi connectivity index (χ1) is 14.3. The van der Waals surface area contributed by atoms with E-state index in [1.807, 2.05) is 18.2 Å². The van der Waals surface area contributed by atoms with Crippen molar-refractivity contribution in [3.05, 3.63) is 29.8 Å². The maximum atomic E-state index is 5.81. The molecule has 2 aromatic heterocycles. The van der Waals surface area contributed by atoms with Gasteiger partial charge in [0.1, 0.15) is 5.82 Å². The highest BCUT2D eigenvalue weighted by Gasteiger charge is 2.23. The molecule has 0 aliphatic carbocycles. The molecule has 0 spiro atoms. The molecule has 2 aliphatic rings. The average Bonchev–Trinajstić information content (AvgIpc) is 3.24. The third-order valence-corrected chi connectivity index (χ3v) is 5.35. The number of imidazole rings is 1. The number of nitrogens with two attached hydrogens (primary N) is 1. The van der Waals surface area contributed by atoms with Crippen molar-refractivity contribution in [2.45, 2.75) is 6.54 Å². The molecule has 29 heavy (non-hydrogen) atoms. The van der Waals surface area contributed by atoms with E-state index >= 15 is 0 Å². The molecule has 0 bridgehead atoms. The zero-order chi connectivity index (χ0) is 19.6. The van der Waals surface area contributed by atoms with Crippen molar-refractivity contribution in [2.24, 2.45) is 5.73 Å². The predicted molar refractivity (Wildman–Crippen MR) is 111 cm³/mol.